The molecule has 0 unspecified atom stereocenters. The second-order valence-electron chi connectivity index (χ2n) is 10.9. The van der Waals surface area contributed by atoms with Gasteiger partial charge in [0.1, 0.15) is 18.6 Å². The van der Waals surface area contributed by atoms with Gasteiger partial charge in [0.2, 0.25) is 0 Å². The van der Waals surface area contributed by atoms with Crippen LogP contribution in [0.2, 0.25) is 0 Å². The fourth-order valence-corrected chi connectivity index (χ4v) is 8.52. The summed E-state index contributed by atoms with van der Waals surface area (Å²) in [5.41, 5.74) is 9.56. The first-order valence-corrected chi connectivity index (χ1v) is 15.1. The van der Waals surface area contributed by atoms with Crippen LogP contribution in [0.15, 0.2) is 42.5 Å². The second-order valence-corrected chi connectivity index (χ2v) is 13.8. The SMILES string of the molecule is Cc1cc(C)c(CP(=O)(Cc2c(C)cc(C)cc2C)c2ccc(OC(C)C)cc2OC(C)C)c(C)c1. The van der Waals surface area contributed by atoms with Crippen molar-refractivity contribution in [3.05, 3.63) is 87.0 Å². The molecular weight excluding hydrogens is 463 g/mol. The van der Waals surface area contributed by atoms with Crippen molar-refractivity contribution in [3.63, 3.8) is 0 Å². The van der Waals surface area contributed by atoms with Crippen molar-refractivity contribution in [1.82, 2.24) is 0 Å². The molecule has 0 aliphatic rings. The van der Waals surface area contributed by atoms with Gasteiger partial charge in [0, 0.05) is 18.4 Å². The van der Waals surface area contributed by atoms with E-state index in [0.29, 0.717) is 18.1 Å². The first kappa shape index (κ1) is 28.1. The van der Waals surface area contributed by atoms with Crippen molar-refractivity contribution in [2.45, 2.75) is 93.8 Å². The van der Waals surface area contributed by atoms with E-state index >= 15 is 4.57 Å². The maximum atomic E-state index is 15.3. The summed E-state index contributed by atoms with van der Waals surface area (Å²) in [6.07, 6.45) is 0.995. The van der Waals surface area contributed by atoms with E-state index < -0.39 is 7.14 Å². The lowest BCUT2D eigenvalue weighted by atomic mass is 10.0. The fourth-order valence-electron chi connectivity index (χ4n) is 5.18. The lowest BCUT2D eigenvalue weighted by Gasteiger charge is -2.26. The molecule has 194 valence electrons. The third kappa shape index (κ3) is 6.62. The number of benzene rings is 3. The van der Waals surface area contributed by atoms with E-state index in [4.69, 9.17) is 9.47 Å². The van der Waals surface area contributed by atoms with Gasteiger partial charge in [-0.3, -0.25) is 0 Å². The molecule has 0 spiro atoms. The number of ether oxygens (including phenoxy) is 2. The minimum Gasteiger partial charge on any atom is -0.491 e. The second kappa shape index (κ2) is 11.3. The summed E-state index contributed by atoms with van der Waals surface area (Å²) in [5, 5.41) is 0.797. The van der Waals surface area contributed by atoms with Crippen LogP contribution in [0.25, 0.3) is 0 Å². The minimum absolute atomic E-state index is 0.0443. The van der Waals surface area contributed by atoms with Crippen LogP contribution in [0.4, 0.5) is 0 Å². The summed E-state index contributed by atoms with van der Waals surface area (Å²) in [6, 6.07) is 14.6. The topological polar surface area (TPSA) is 35.5 Å². The molecule has 0 radical (unpaired) electrons. The zero-order valence-electron chi connectivity index (χ0n) is 23.8. The Balaban J connectivity index is 2.24. The van der Waals surface area contributed by atoms with Gasteiger partial charge in [-0.1, -0.05) is 35.4 Å². The van der Waals surface area contributed by atoms with Crippen molar-refractivity contribution >= 4 is 12.4 Å². The Hall–Kier alpha value is -2.51. The Bertz CT molecular complexity index is 1180. The normalized spacial score (nSPS) is 11.9. The summed E-state index contributed by atoms with van der Waals surface area (Å²) < 4.78 is 27.6. The summed E-state index contributed by atoms with van der Waals surface area (Å²) in [5.74, 6) is 1.40. The highest BCUT2D eigenvalue weighted by atomic mass is 31.2. The molecule has 0 aliphatic heterocycles. The molecule has 0 aromatic heterocycles. The maximum Gasteiger partial charge on any atom is 0.134 e. The van der Waals surface area contributed by atoms with Crippen molar-refractivity contribution in [3.8, 4) is 11.5 Å². The van der Waals surface area contributed by atoms with Gasteiger partial charge in [-0.05, 0) is 115 Å². The van der Waals surface area contributed by atoms with Crippen LogP contribution in [-0.2, 0) is 16.9 Å². The van der Waals surface area contributed by atoms with Crippen LogP contribution in [0.5, 0.6) is 11.5 Å². The number of aryl methyl sites for hydroxylation is 6. The fraction of sp³-hybridized carbons (Fsp3) is 0.438. The quantitative estimate of drug-likeness (QED) is 0.273. The van der Waals surface area contributed by atoms with Gasteiger partial charge in [-0.15, -0.1) is 0 Å². The highest BCUT2D eigenvalue weighted by Crippen LogP contribution is 2.55. The smallest absolute Gasteiger partial charge is 0.134 e. The molecule has 3 rings (SSSR count). The van der Waals surface area contributed by atoms with Crippen molar-refractivity contribution in [1.29, 1.82) is 0 Å². The molecule has 36 heavy (non-hydrogen) atoms. The van der Waals surface area contributed by atoms with Gasteiger partial charge < -0.3 is 14.0 Å². The third-order valence-corrected chi connectivity index (χ3v) is 9.51. The molecule has 0 saturated carbocycles. The van der Waals surface area contributed by atoms with Crippen LogP contribution in [-0.4, -0.2) is 12.2 Å². The number of hydrogen-bond acceptors (Lipinski definition) is 3. The highest BCUT2D eigenvalue weighted by Gasteiger charge is 2.32. The predicted octanol–water partition coefficient (Wildman–Crippen LogP) is 8.50. The van der Waals surface area contributed by atoms with E-state index in [0.717, 1.165) is 11.1 Å². The van der Waals surface area contributed by atoms with Gasteiger partial charge >= 0.3 is 0 Å². The van der Waals surface area contributed by atoms with Crippen molar-refractivity contribution in [2.24, 2.45) is 0 Å². The summed E-state index contributed by atoms with van der Waals surface area (Å²) >= 11 is 0. The van der Waals surface area contributed by atoms with Crippen molar-refractivity contribution in [2.75, 3.05) is 0 Å². The molecule has 0 N–H and O–H groups in total. The number of hydrogen-bond donors (Lipinski definition) is 0. The van der Waals surface area contributed by atoms with E-state index in [2.05, 4.69) is 65.8 Å². The van der Waals surface area contributed by atoms with Crippen molar-refractivity contribution < 1.29 is 14.0 Å². The molecule has 3 aromatic carbocycles. The summed E-state index contributed by atoms with van der Waals surface area (Å²) in [7, 11) is -2.98. The van der Waals surface area contributed by atoms with Gasteiger partial charge in [0.25, 0.3) is 0 Å². The molecule has 0 saturated heterocycles. The minimum atomic E-state index is -2.98. The van der Waals surface area contributed by atoms with E-state index in [-0.39, 0.29) is 12.2 Å². The van der Waals surface area contributed by atoms with Gasteiger partial charge in [-0.25, -0.2) is 0 Å². The summed E-state index contributed by atoms with van der Waals surface area (Å²) in [6.45, 7) is 20.8. The molecule has 0 bridgehead atoms. The monoisotopic (exact) mass is 506 g/mol. The lowest BCUT2D eigenvalue weighted by molar-refractivity contribution is 0.230. The zero-order chi connectivity index (χ0) is 26.8. The van der Waals surface area contributed by atoms with E-state index in [1.165, 1.54) is 44.5 Å². The Labute approximate surface area is 218 Å². The third-order valence-electron chi connectivity index (χ3n) is 6.61. The first-order valence-electron chi connectivity index (χ1n) is 13.0. The molecule has 3 nitrogen and oxygen atoms in total. The van der Waals surface area contributed by atoms with E-state index in [1.807, 2.05) is 45.9 Å². The molecule has 3 aromatic rings. The van der Waals surface area contributed by atoms with E-state index in [1.54, 1.807) is 0 Å². The molecule has 0 heterocycles. The van der Waals surface area contributed by atoms with Gasteiger partial charge in [-0.2, -0.15) is 0 Å². The first-order chi connectivity index (χ1) is 16.8. The molecule has 0 aliphatic carbocycles. The average Bonchev–Trinajstić information content (AvgIpc) is 2.72. The maximum absolute atomic E-state index is 15.3. The Kier molecular flexibility index (Phi) is 8.78. The van der Waals surface area contributed by atoms with Gasteiger partial charge in [0.15, 0.2) is 0 Å². The van der Waals surface area contributed by atoms with Crippen LogP contribution in [0, 0.1) is 41.5 Å². The van der Waals surface area contributed by atoms with Gasteiger partial charge in [0.05, 0.1) is 17.5 Å². The average molecular weight is 507 g/mol. The summed E-state index contributed by atoms with van der Waals surface area (Å²) in [4.78, 5) is 0. The van der Waals surface area contributed by atoms with Crippen LogP contribution < -0.4 is 14.8 Å². The molecule has 4 heteroatoms. The van der Waals surface area contributed by atoms with Crippen LogP contribution in [0.3, 0.4) is 0 Å². The lowest BCUT2D eigenvalue weighted by Crippen LogP contribution is -2.18. The molecule has 0 atom stereocenters. The van der Waals surface area contributed by atoms with Crippen LogP contribution in [0.1, 0.15) is 72.2 Å². The Morgan fingerprint density at radius 2 is 1.06 bits per heavy atom. The molecule has 0 fully saturated rings. The Morgan fingerprint density at radius 3 is 1.44 bits per heavy atom. The van der Waals surface area contributed by atoms with Crippen LogP contribution >= 0.6 is 7.14 Å². The largest absolute Gasteiger partial charge is 0.491 e. The van der Waals surface area contributed by atoms with E-state index in [9.17, 15) is 0 Å². The molecular formula is C32H43O3P. The standard InChI is InChI=1S/C32H43O3P/c1-20(2)34-28-11-12-32(31(17-28)35-21(3)4)36(33,18-29-24(7)13-22(5)14-25(29)8)19-30-26(9)15-23(6)16-27(30)10/h11-17,20-21H,18-19H2,1-10H3. The number of rotatable bonds is 9. The predicted molar refractivity (Wildman–Crippen MR) is 154 cm³/mol. The molecule has 0 amide bonds. The highest BCUT2D eigenvalue weighted by molar-refractivity contribution is 7.70. The zero-order valence-corrected chi connectivity index (χ0v) is 24.7. The Morgan fingerprint density at radius 1 is 0.639 bits per heavy atom.